The molecule has 0 radical (unpaired) electrons. The number of aromatic nitrogens is 1. The third-order valence-corrected chi connectivity index (χ3v) is 6.79. The fourth-order valence-electron chi connectivity index (χ4n) is 4.45. The van der Waals surface area contributed by atoms with Gasteiger partial charge in [0, 0.05) is 25.9 Å². The molecule has 1 aromatic rings. The van der Waals surface area contributed by atoms with Crippen molar-refractivity contribution in [1.82, 2.24) is 15.6 Å². The minimum absolute atomic E-state index is 0.108. The van der Waals surface area contributed by atoms with Crippen LogP contribution in [-0.2, 0) is 4.79 Å². The van der Waals surface area contributed by atoms with E-state index in [9.17, 15) is 27.2 Å². The zero-order valence-electron chi connectivity index (χ0n) is 17.3. The standard InChI is InChI=1S/C21H24F4N4O3/c22-20(23)7-14(26-10-20)17(31)28-16(30)13-3-4-15(18(27-13)32-8-12-1-2-12)29-6-5-19(11-29)9-21(19,24)25/h3-4,12,14,26H,1-2,5-11H2,(H,28,30,31)/t14-,19?/m0/s1. The fourth-order valence-corrected chi connectivity index (χ4v) is 4.45. The second-order valence-corrected chi connectivity index (χ2v) is 9.42. The molecule has 3 heterocycles. The molecule has 7 nitrogen and oxygen atoms in total. The quantitative estimate of drug-likeness (QED) is 0.505. The number of anilines is 1. The molecule has 2 aliphatic carbocycles. The number of carbonyl (C=O) groups is 2. The maximum atomic E-state index is 13.8. The first kappa shape index (κ1) is 21.4. The van der Waals surface area contributed by atoms with Gasteiger partial charge < -0.3 is 9.64 Å². The second kappa shape index (κ2) is 7.29. The van der Waals surface area contributed by atoms with Gasteiger partial charge in [-0.05, 0) is 37.3 Å². The van der Waals surface area contributed by atoms with Crippen molar-refractivity contribution in [1.29, 1.82) is 0 Å². The van der Waals surface area contributed by atoms with E-state index in [2.05, 4.69) is 15.6 Å². The highest BCUT2D eigenvalue weighted by molar-refractivity contribution is 6.05. The molecular formula is C21H24F4N4O3. The number of rotatable bonds is 6. The summed E-state index contributed by atoms with van der Waals surface area (Å²) in [6, 6.07) is 1.80. The minimum Gasteiger partial charge on any atom is -0.476 e. The van der Waals surface area contributed by atoms with Crippen LogP contribution >= 0.6 is 0 Å². The molecule has 0 bridgehead atoms. The third kappa shape index (κ3) is 4.02. The highest BCUT2D eigenvalue weighted by atomic mass is 19.3. The molecule has 1 unspecified atom stereocenters. The summed E-state index contributed by atoms with van der Waals surface area (Å²) >= 11 is 0. The molecular weight excluding hydrogens is 432 g/mol. The highest BCUT2D eigenvalue weighted by Gasteiger charge is 2.72. The summed E-state index contributed by atoms with van der Waals surface area (Å²) in [7, 11) is 0. The molecule has 4 aliphatic rings. The molecule has 174 valence electrons. The van der Waals surface area contributed by atoms with E-state index >= 15 is 0 Å². The number of pyridine rings is 1. The van der Waals surface area contributed by atoms with Crippen LogP contribution in [0.3, 0.4) is 0 Å². The number of nitrogens with one attached hydrogen (secondary N) is 2. The Morgan fingerprint density at radius 2 is 2.00 bits per heavy atom. The van der Waals surface area contributed by atoms with Gasteiger partial charge in [0.25, 0.3) is 17.8 Å². The van der Waals surface area contributed by atoms with Crippen LogP contribution in [0.15, 0.2) is 12.1 Å². The molecule has 2 amide bonds. The van der Waals surface area contributed by atoms with Crippen LogP contribution in [0.2, 0.25) is 0 Å². The van der Waals surface area contributed by atoms with E-state index < -0.39 is 48.1 Å². The summed E-state index contributed by atoms with van der Waals surface area (Å²) in [5, 5.41) is 4.49. The van der Waals surface area contributed by atoms with E-state index in [1.807, 2.05) is 0 Å². The van der Waals surface area contributed by atoms with Gasteiger partial charge in [-0.2, -0.15) is 0 Å². The predicted octanol–water partition coefficient (Wildman–Crippen LogP) is 2.36. The third-order valence-electron chi connectivity index (χ3n) is 6.79. The maximum Gasteiger partial charge on any atom is 0.276 e. The lowest BCUT2D eigenvalue weighted by molar-refractivity contribution is -0.122. The molecule has 2 N–H and O–H groups in total. The van der Waals surface area contributed by atoms with Crippen molar-refractivity contribution in [2.75, 3.05) is 31.1 Å². The van der Waals surface area contributed by atoms with Gasteiger partial charge in [0.2, 0.25) is 11.8 Å². The number of hydrogen-bond acceptors (Lipinski definition) is 6. The van der Waals surface area contributed by atoms with Gasteiger partial charge in [0.1, 0.15) is 5.69 Å². The summed E-state index contributed by atoms with van der Waals surface area (Å²) in [5.74, 6) is -6.78. The number of alkyl halides is 4. The molecule has 32 heavy (non-hydrogen) atoms. The molecule has 5 rings (SSSR count). The Bertz CT molecular complexity index is 955. The number of carbonyl (C=O) groups excluding carboxylic acids is 2. The monoisotopic (exact) mass is 456 g/mol. The van der Waals surface area contributed by atoms with Crippen molar-refractivity contribution < 1.29 is 31.9 Å². The Hall–Kier alpha value is -2.43. The van der Waals surface area contributed by atoms with Crippen LogP contribution < -0.4 is 20.3 Å². The van der Waals surface area contributed by atoms with Crippen LogP contribution in [-0.4, -0.2) is 60.9 Å². The SMILES string of the molecule is O=C(NC(=O)[C@@H]1CC(F)(F)CN1)c1ccc(N2CCC3(C2)CC3(F)F)c(OCC2CC2)n1. The zero-order chi connectivity index (χ0) is 22.7. The van der Waals surface area contributed by atoms with E-state index in [-0.39, 0.29) is 24.5 Å². The normalized spacial score (nSPS) is 29.9. The lowest BCUT2D eigenvalue weighted by Crippen LogP contribution is -2.43. The lowest BCUT2D eigenvalue weighted by atomic mass is 10.1. The van der Waals surface area contributed by atoms with Gasteiger partial charge in [0.15, 0.2) is 0 Å². The van der Waals surface area contributed by atoms with Crippen molar-refractivity contribution in [3.63, 3.8) is 0 Å². The Morgan fingerprint density at radius 1 is 1.25 bits per heavy atom. The van der Waals surface area contributed by atoms with E-state index in [0.717, 1.165) is 12.8 Å². The summed E-state index contributed by atoms with van der Waals surface area (Å²) in [4.78, 5) is 30.7. The number of hydrogen-bond donors (Lipinski definition) is 2. The summed E-state index contributed by atoms with van der Waals surface area (Å²) < 4.78 is 60.1. The van der Waals surface area contributed by atoms with E-state index in [0.29, 0.717) is 31.2 Å². The first-order chi connectivity index (χ1) is 15.1. The van der Waals surface area contributed by atoms with Gasteiger partial charge in [-0.1, -0.05) is 0 Å². The Kier molecular flexibility index (Phi) is 4.88. The van der Waals surface area contributed by atoms with Crippen LogP contribution in [0.4, 0.5) is 23.2 Å². The predicted molar refractivity (Wildman–Crippen MR) is 105 cm³/mol. The van der Waals surface area contributed by atoms with E-state index in [4.69, 9.17) is 4.74 Å². The molecule has 2 saturated heterocycles. The number of amides is 2. The first-order valence-electron chi connectivity index (χ1n) is 10.8. The topological polar surface area (TPSA) is 83.6 Å². The number of halogens is 4. The second-order valence-electron chi connectivity index (χ2n) is 9.42. The average molecular weight is 456 g/mol. The maximum absolute atomic E-state index is 13.8. The summed E-state index contributed by atoms with van der Waals surface area (Å²) in [5.41, 5.74) is -0.576. The molecule has 2 atom stereocenters. The van der Waals surface area contributed by atoms with Crippen molar-refractivity contribution in [3.8, 4) is 5.88 Å². The lowest BCUT2D eigenvalue weighted by Gasteiger charge is -2.22. The first-order valence-corrected chi connectivity index (χ1v) is 10.8. The largest absolute Gasteiger partial charge is 0.476 e. The van der Waals surface area contributed by atoms with Crippen LogP contribution in [0.5, 0.6) is 5.88 Å². The fraction of sp³-hybridized carbons (Fsp3) is 0.667. The minimum atomic E-state index is -3.00. The zero-order valence-corrected chi connectivity index (χ0v) is 17.3. The highest BCUT2D eigenvalue weighted by Crippen LogP contribution is 2.65. The molecule has 1 aromatic heterocycles. The molecule has 11 heteroatoms. The summed E-state index contributed by atoms with van der Waals surface area (Å²) in [6.07, 6.45) is 1.62. The number of imide groups is 1. The van der Waals surface area contributed by atoms with Gasteiger partial charge >= 0.3 is 0 Å². The van der Waals surface area contributed by atoms with Crippen LogP contribution in [0.1, 0.15) is 42.6 Å². The van der Waals surface area contributed by atoms with E-state index in [1.54, 1.807) is 11.0 Å². The van der Waals surface area contributed by atoms with Crippen LogP contribution in [0, 0.1) is 11.3 Å². The van der Waals surface area contributed by atoms with Crippen molar-refractivity contribution in [3.05, 3.63) is 17.8 Å². The van der Waals surface area contributed by atoms with Gasteiger partial charge in [-0.15, -0.1) is 0 Å². The Balaban J connectivity index is 1.30. The molecule has 2 aliphatic heterocycles. The average Bonchev–Trinajstić information content (AvgIpc) is 3.53. The van der Waals surface area contributed by atoms with E-state index in [1.165, 1.54) is 6.07 Å². The van der Waals surface area contributed by atoms with Crippen molar-refractivity contribution >= 4 is 17.5 Å². The number of ether oxygens (including phenoxy) is 1. The van der Waals surface area contributed by atoms with Gasteiger partial charge in [-0.25, -0.2) is 22.5 Å². The number of nitrogens with zero attached hydrogens (tertiary/aromatic N) is 2. The van der Waals surface area contributed by atoms with Gasteiger partial charge in [-0.3, -0.25) is 20.2 Å². The van der Waals surface area contributed by atoms with Crippen molar-refractivity contribution in [2.45, 2.75) is 50.0 Å². The summed E-state index contributed by atoms with van der Waals surface area (Å²) in [6.45, 7) is 0.400. The van der Waals surface area contributed by atoms with Crippen molar-refractivity contribution in [2.24, 2.45) is 11.3 Å². The van der Waals surface area contributed by atoms with Crippen LogP contribution in [0.25, 0.3) is 0 Å². The smallest absolute Gasteiger partial charge is 0.276 e. The van der Waals surface area contributed by atoms with Gasteiger partial charge in [0.05, 0.1) is 30.3 Å². The Labute approximate surface area is 181 Å². The molecule has 1 spiro atoms. The molecule has 2 saturated carbocycles. The molecule has 4 fully saturated rings. The molecule has 0 aromatic carbocycles. The Morgan fingerprint density at radius 3 is 2.59 bits per heavy atom.